The lowest BCUT2D eigenvalue weighted by Crippen LogP contribution is -2.53. The molecule has 2 N–H and O–H groups in total. The van der Waals surface area contributed by atoms with Crippen LogP contribution in [0.4, 0.5) is 0 Å². The first kappa shape index (κ1) is 18.2. The molecule has 21 heavy (non-hydrogen) atoms. The second kappa shape index (κ2) is 9.97. The van der Waals surface area contributed by atoms with Crippen molar-refractivity contribution >= 4 is 0 Å². The Labute approximate surface area is 131 Å². The largest absolute Gasteiger partial charge is 0.329 e. The minimum absolute atomic E-state index is 0.211. The standard InChI is InChI=1S/C19H34N2/c1-4-15-21(19(5-2,6-3)17-20)16-11-10-14-18-12-8-7-9-13-18/h7-9,12-13H,4-6,10-11,14-17,20H2,1-3H3. The van der Waals surface area contributed by atoms with E-state index in [2.05, 4.69) is 56.0 Å². The van der Waals surface area contributed by atoms with Gasteiger partial charge in [0, 0.05) is 12.1 Å². The smallest absolute Gasteiger partial charge is 0.0326 e. The highest BCUT2D eigenvalue weighted by atomic mass is 15.2. The van der Waals surface area contributed by atoms with Crippen LogP contribution in [0.5, 0.6) is 0 Å². The van der Waals surface area contributed by atoms with Crippen LogP contribution in [0, 0.1) is 0 Å². The molecule has 0 atom stereocenters. The topological polar surface area (TPSA) is 29.3 Å². The number of nitrogens with two attached hydrogens (primary N) is 1. The average Bonchev–Trinajstić information content (AvgIpc) is 2.54. The quantitative estimate of drug-likeness (QED) is 0.618. The predicted molar refractivity (Wildman–Crippen MR) is 93.6 cm³/mol. The van der Waals surface area contributed by atoms with Crippen LogP contribution in [0.15, 0.2) is 30.3 Å². The van der Waals surface area contributed by atoms with Gasteiger partial charge in [0.15, 0.2) is 0 Å². The molecule has 0 radical (unpaired) electrons. The fraction of sp³-hybridized carbons (Fsp3) is 0.684. The highest BCUT2D eigenvalue weighted by Gasteiger charge is 2.30. The van der Waals surface area contributed by atoms with Gasteiger partial charge < -0.3 is 5.73 Å². The maximum Gasteiger partial charge on any atom is 0.0326 e. The van der Waals surface area contributed by atoms with Crippen LogP contribution in [-0.4, -0.2) is 30.1 Å². The average molecular weight is 290 g/mol. The number of hydrogen-bond donors (Lipinski definition) is 1. The molecular weight excluding hydrogens is 256 g/mol. The minimum Gasteiger partial charge on any atom is -0.329 e. The summed E-state index contributed by atoms with van der Waals surface area (Å²) < 4.78 is 0. The van der Waals surface area contributed by atoms with E-state index in [1.54, 1.807) is 0 Å². The highest BCUT2D eigenvalue weighted by Crippen LogP contribution is 2.24. The zero-order chi connectivity index (χ0) is 15.6. The maximum absolute atomic E-state index is 6.11. The summed E-state index contributed by atoms with van der Waals surface area (Å²) >= 11 is 0. The van der Waals surface area contributed by atoms with E-state index < -0.39 is 0 Å². The van der Waals surface area contributed by atoms with Gasteiger partial charge in [-0.15, -0.1) is 0 Å². The van der Waals surface area contributed by atoms with Gasteiger partial charge in [0.2, 0.25) is 0 Å². The SMILES string of the molecule is CCCN(CCCCc1ccccc1)C(CC)(CC)CN. The Balaban J connectivity index is 2.47. The molecule has 0 aliphatic rings. The summed E-state index contributed by atoms with van der Waals surface area (Å²) in [4.78, 5) is 2.65. The third-order valence-electron chi connectivity index (χ3n) is 4.85. The molecule has 1 aromatic carbocycles. The van der Waals surface area contributed by atoms with Gasteiger partial charge >= 0.3 is 0 Å². The van der Waals surface area contributed by atoms with Gasteiger partial charge in [-0.25, -0.2) is 0 Å². The number of rotatable bonds is 11. The van der Waals surface area contributed by atoms with Gasteiger partial charge in [0.1, 0.15) is 0 Å². The minimum atomic E-state index is 0.211. The Hall–Kier alpha value is -0.860. The maximum atomic E-state index is 6.11. The first-order valence-corrected chi connectivity index (χ1v) is 8.71. The van der Waals surface area contributed by atoms with Crippen LogP contribution in [0.1, 0.15) is 58.4 Å². The first-order chi connectivity index (χ1) is 10.2. The summed E-state index contributed by atoms with van der Waals surface area (Å²) in [6.45, 7) is 9.96. The molecule has 0 saturated carbocycles. The Morgan fingerprint density at radius 1 is 0.952 bits per heavy atom. The summed E-state index contributed by atoms with van der Waals surface area (Å²) in [5.74, 6) is 0. The summed E-state index contributed by atoms with van der Waals surface area (Å²) in [6, 6.07) is 10.8. The molecule has 0 amide bonds. The van der Waals surface area contributed by atoms with Gasteiger partial charge in [-0.3, -0.25) is 4.90 Å². The fourth-order valence-electron chi connectivity index (χ4n) is 3.25. The molecule has 0 aliphatic heterocycles. The van der Waals surface area contributed by atoms with E-state index in [4.69, 9.17) is 5.73 Å². The van der Waals surface area contributed by atoms with Crippen molar-refractivity contribution in [1.29, 1.82) is 0 Å². The molecule has 0 saturated heterocycles. The van der Waals surface area contributed by atoms with Crippen LogP contribution in [-0.2, 0) is 6.42 Å². The highest BCUT2D eigenvalue weighted by molar-refractivity contribution is 5.14. The third-order valence-corrected chi connectivity index (χ3v) is 4.85. The van der Waals surface area contributed by atoms with Crippen molar-refractivity contribution in [1.82, 2.24) is 4.90 Å². The Kier molecular flexibility index (Phi) is 8.63. The molecule has 0 aromatic heterocycles. The van der Waals surface area contributed by atoms with Crippen LogP contribution in [0.3, 0.4) is 0 Å². The molecule has 0 unspecified atom stereocenters. The van der Waals surface area contributed by atoms with Gasteiger partial charge in [-0.05, 0) is 57.2 Å². The van der Waals surface area contributed by atoms with E-state index in [0.29, 0.717) is 0 Å². The monoisotopic (exact) mass is 290 g/mol. The zero-order valence-electron chi connectivity index (χ0n) is 14.3. The predicted octanol–water partition coefficient (Wildman–Crippen LogP) is 4.24. The van der Waals surface area contributed by atoms with E-state index >= 15 is 0 Å². The zero-order valence-corrected chi connectivity index (χ0v) is 14.3. The van der Waals surface area contributed by atoms with Gasteiger partial charge in [-0.1, -0.05) is 51.1 Å². The van der Waals surface area contributed by atoms with Crippen molar-refractivity contribution in [3.63, 3.8) is 0 Å². The van der Waals surface area contributed by atoms with E-state index in [1.807, 2.05) is 0 Å². The van der Waals surface area contributed by atoms with Crippen molar-refractivity contribution in [2.75, 3.05) is 19.6 Å². The molecular formula is C19H34N2. The number of unbranched alkanes of at least 4 members (excludes halogenated alkanes) is 1. The number of nitrogens with zero attached hydrogens (tertiary/aromatic N) is 1. The van der Waals surface area contributed by atoms with Crippen LogP contribution >= 0.6 is 0 Å². The van der Waals surface area contributed by atoms with Crippen molar-refractivity contribution < 1.29 is 0 Å². The van der Waals surface area contributed by atoms with E-state index in [0.717, 1.165) is 19.4 Å². The van der Waals surface area contributed by atoms with Crippen molar-refractivity contribution in [3.8, 4) is 0 Å². The number of hydrogen-bond acceptors (Lipinski definition) is 2. The van der Waals surface area contributed by atoms with Crippen molar-refractivity contribution in [2.45, 2.75) is 64.8 Å². The Morgan fingerprint density at radius 2 is 1.62 bits per heavy atom. The lowest BCUT2D eigenvalue weighted by molar-refractivity contribution is 0.0827. The van der Waals surface area contributed by atoms with E-state index in [1.165, 1.54) is 44.3 Å². The summed E-state index contributed by atoms with van der Waals surface area (Å²) in [5.41, 5.74) is 7.78. The lowest BCUT2D eigenvalue weighted by atomic mass is 9.90. The van der Waals surface area contributed by atoms with Crippen molar-refractivity contribution in [3.05, 3.63) is 35.9 Å². The fourth-order valence-corrected chi connectivity index (χ4v) is 3.25. The second-order valence-electron chi connectivity index (χ2n) is 6.07. The second-order valence-corrected chi connectivity index (χ2v) is 6.07. The molecule has 0 spiro atoms. The summed E-state index contributed by atoms with van der Waals surface area (Å²) in [5, 5.41) is 0. The van der Waals surface area contributed by atoms with E-state index in [-0.39, 0.29) is 5.54 Å². The molecule has 1 rings (SSSR count). The van der Waals surface area contributed by atoms with Crippen LogP contribution < -0.4 is 5.73 Å². The summed E-state index contributed by atoms with van der Waals surface area (Å²) in [7, 11) is 0. The molecule has 0 heterocycles. The molecule has 120 valence electrons. The van der Waals surface area contributed by atoms with Gasteiger partial charge in [0.25, 0.3) is 0 Å². The molecule has 1 aromatic rings. The molecule has 0 bridgehead atoms. The lowest BCUT2D eigenvalue weighted by Gasteiger charge is -2.42. The normalized spacial score (nSPS) is 12.0. The van der Waals surface area contributed by atoms with Crippen molar-refractivity contribution in [2.24, 2.45) is 5.73 Å². The van der Waals surface area contributed by atoms with Crippen LogP contribution in [0.2, 0.25) is 0 Å². The number of aryl methyl sites for hydroxylation is 1. The molecule has 0 aliphatic carbocycles. The van der Waals surface area contributed by atoms with Gasteiger partial charge in [0.05, 0.1) is 0 Å². The van der Waals surface area contributed by atoms with Gasteiger partial charge in [-0.2, -0.15) is 0 Å². The third kappa shape index (κ3) is 5.44. The van der Waals surface area contributed by atoms with Crippen LogP contribution in [0.25, 0.3) is 0 Å². The van der Waals surface area contributed by atoms with E-state index in [9.17, 15) is 0 Å². The Bertz CT molecular complexity index is 349. The Morgan fingerprint density at radius 3 is 2.14 bits per heavy atom. The molecule has 0 fully saturated rings. The molecule has 2 nitrogen and oxygen atoms in total. The summed E-state index contributed by atoms with van der Waals surface area (Å²) in [6.07, 6.45) is 7.22. The number of benzene rings is 1. The molecule has 2 heteroatoms. The first-order valence-electron chi connectivity index (χ1n) is 8.71.